The van der Waals surface area contributed by atoms with Crippen LogP contribution in [0.15, 0.2) is 24.3 Å². The molecule has 0 atom stereocenters. The second-order valence-corrected chi connectivity index (χ2v) is 5.07. The van der Waals surface area contributed by atoms with Crippen LogP contribution >= 0.6 is 0 Å². The quantitative estimate of drug-likeness (QED) is 0.846. The monoisotopic (exact) mass is 267 g/mol. The lowest BCUT2D eigenvalue weighted by molar-refractivity contribution is 0.436. The van der Waals surface area contributed by atoms with Crippen molar-refractivity contribution < 1.29 is 4.74 Å². The molecule has 0 N–H and O–H groups in total. The minimum Gasteiger partial charge on any atom is -0.424 e. The summed E-state index contributed by atoms with van der Waals surface area (Å²) in [4.78, 5) is 8.28. The van der Waals surface area contributed by atoms with Crippen molar-refractivity contribution >= 4 is 0 Å². The van der Waals surface area contributed by atoms with Crippen molar-refractivity contribution in [2.24, 2.45) is 0 Å². The smallest absolute Gasteiger partial charge is 0.323 e. The van der Waals surface area contributed by atoms with E-state index < -0.39 is 0 Å². The van der Waals surface area contributed by atoms with Crippen LogP contribution in [0.3, 0.4) is 0 Å². The molecule has 1 aromatic carbocycles. The van der Waals surface area contributed by atoms with Crippen LogP contribution in [-0.2, 0) is 0 Å². The van der Waals surface area contributed by atoms with Gasteiger partial charge in [0.1, 0.15) is 17.5 Å². The molecule has 0 aliphatic heterocycles. The van der Waals surface area contributed by atoms with Gasteiger partial charge >= 0.3 is 6.01 Å². The zero-order valence-corrected chi connectivity index (χ0v) is 12.1. The van der Waals surface area contributed by atoms with Crippen LogP contribution in [0.2, 0.25) is 0 Å². The van der Waals surface area contributed by atoms with Gasteiger partial charge in [-0.2, -0.15) is 10.2 Å². The van der Waals surface area contributed by atoms with Crippen molar-refractivity contribution in [2.45, 2.75) is 33.6 Å². The molecule has 2 aromatic rings. The number of ether oxygens (including phenoxy) is 1. The van der Waals surface area contributed by atoms with Crippen molar-refractivity contribution in [1.29, 1.82) is 5.26 Å². The number of nitrogens with zero attached hydrogens (tertiary/aromatic N) is 3. The Bertz CT molecular complexity index is 672. The van der Waals surface area contributed by atoms with Crippen LogP contribution in [-0.4, -0.2) is 9.97 Å². The number of hydrogen-bond donors (Lipinski definition) is 0. The maximum atomic E-state index is 8.93. The van der Waals surface area contributed by atoms with Crippen molar-refractivity contribution in [2.75, 3.05) is 0 Å². The molecular formula is C16H17N3O. The van der Waals surface area contributed by atoms with Gasteiger partial charge in [0, 0.05) is 5.69 Å². The fourth-order valence-corrected chi connectivity index (χ4v) is 1.83. The Hall–Kier alpha value is -2.41. The van der Waals surface area contributed by atoms with E-state index in [4.69, 9.17) is 10.00 Å². The molecule has 0 aliphatic rings. The van der Waals surface area contributed by atoms with Crippen LogP contribution in [0.4, 0.5) is 0 Å². The van der Waals surface area contributed by atoms with Gasteiger partial charge in [0.05, 0.1) is 0 Å². The average molecular weight is 267 g/mol. The van der Waals surface area contributed by atoms with E-state index in [1.165, 1.54) is 5.56 Å². The van der Waals surface area contributed by atoms with Crippen LogP contribution in [0.5, 0.6) is 11.8 Å². The molecule has 102 valence electrons. The van der Waals surface area contributed by atoms with Crippen LogP contribution in [0.25, 0.3) is 0 Å². The van der Waals surface area contributed by atoms with Gasteiger partial charge in [-0.1, -0.05) is 26.0 Å². The third-order valence-corrected chi connectivity index (χ3v) is 3.03. The van der Waals surface area contributed by atoms with Crippen molar-refractivity contribution in [3.63, 3.8) is 0 Å². The number of aromatic nitrogens is 2. The highest BCUT2D eigenvalue weighted by Gasteiger charge is 2.09. The van der Waals surface area contributed by atoms with E-state index in [0.29, 0.717) is 17.3 Å². The summed E-state index contributed by atoms with van der Waals surface area (Å²) in [5.41, 5.74) is 3.23. The Labute approximate surface area is 119 Å². The minimum atomic E-state index is 0.213. The minimum absolute atomic E-state index is 0.213. The Morgan fingerprint density at radius 3 is 2.55 bits per heavy atom. The largest absolute Gasteiger partial charge is 0.424 e. The first-order valence-electron chi connectivity index (χ1n) is 6.54. The zero-order valence-electron chi connectivity index (χ0n) is 12.1. The van der Waals surface area contributed by atoms with Crippen molar-refractivity contribution in [1.82, 2.24) is 9.97 Å². The van der Waals surface area contributed by atoms with Gasteiger partial charge in [-0.25, -0.2) is 4.98 Å². The molecule has 20 heavy (non-hydrogen) atoms. The van der Waals surface area contributed by atoms with Crippen LogP contribution < -0.4 is 4.74 Å². The molecule has 0 saturated carbocycles. The predicted molar refractivity (Wildman–Crippen MR) is 76.8 cm³/mol. The Kier molecular flexibility index (Phi) is 3.99. The third kappa shape index (κ3) is 3.12. The molecule has 4 nitrogen and oxygen atoms in total. The van der Waals surface area contributed by atoms with E-state index in [-0.39, 0.29) is 6.01 Å². The van der Waals surface area contributed by atoms with Gasteiger partial charge < -0.3 is 4.74 Å². The van der Waals surface area contributed by atoms with Gasteiger partial charge in [-0.15, -0.1) is 0 Å². The molecule has 0 aliphatic carbocycles. The second kappa shape index (κ2) is 5.70. The average Bonchev–Trinajstić information content (AvgIpc) is 2.40. The van der Waals surface area contributed by atoms with E-state index in [1.54, 1.807) is 6.07 Å². The van der Waals surface area contributed by atoms with Crippen molar-refractivity contribution in [3.8, 4) is 17.8 Å². The normalized spacial score (nSPS) is 10.4. The lowest BCUT2D eigenvalue weighted by Crippen LogP contribution is -1.98. The number of rotatable bonds is 3. The molecule has 0 saturated heterocycles. The van der Waals surface area contributed by atoms with E-state index in [1.807, 2.05) is 32.0 Å². The molecule has 0 spiro atoms. The zero-order chi connectivity index (χ0) is 14.7. The Balaban J connectivity index is 2.37. The standard InChI is InChI=1S/C16H17N3O/c1-10(2)13-6-5-11(3)15(8-13)20-16-18-12(4)7-14(9-17)19-16/h5-8,10H,1-4H3. The van der Waals surface area contributed by atoms with E-state index in [2.05, 4.69) is 29.9 Å². The molecule has 0 fully saturated rings. The molecular weight excluding hydrogens is 250 g/mol. The van der Waals surface area contributed by atoms with E-state index in [0.717, 1.165) is 11.3 Å². The first-order valence-corrected chi connectivity index (χ1v) is 6.54. The van der Waals surface area contributed by atoms with Gasteiger partial charge in [0.25, 0.3) is 0 Å². The SMILES string of the molecule is Cc1cc(C#N)nc(Oc2cc(C(C)C)ccc2C)n1. The van der Waals surface area contributed by atoms with Crippen molar-refractivity contribution in [3.05, 3.63) is 46.8 Å². The Morgan fingerprint density at radius 2 is 1.90 bits per heavy atom. The molecule has 1 heterocycles. The maximum absolute atomic E-state index is 8.93. The van der Waals surface area contributed by atoms with E-state index >= 15 is 0 Å². The first-order chi connectivity index (χ1) is 9.49. The summed E-state index contributed by atoms with van der Waals surface area (Å²) in [6, 6.07) is 9.96. The van der Waals surface area contributed by atoms with Crippen LogP contribution in [0.1, 0.15) is 42.3 Å². The summed E-state index contributed by atoms with van der Waals surface area (Å²) in [6.07, 6.45) is 0. The summed E-state index contributed by atoms with van der Waals surface area (Å²) in [7, 11) is 0. The maximum Gasteiger partial charge on any atom is 0.323 e. The predicted octanol–water partition coefficient (Wildman–Crippen LogP) is 3.88. The third-order valence-electron chi connectivity index (χ3n) is 3.03. The summed E-state index contributed by atoms with van der Waals surface area (Å²) < 4.78 is 5.75. The molecule has 0 unspecified atom stereocenters. The number of nitriles is 1. The van der Waals surface area contributed by atoms with Gasteiger partial charge in [0.15, 0.2) is 0 Å². The van der Waals surface area contributed by atoms with Gasteiger partial charge in [-0.05, 0) is 43.0 Å². The molecule has 0 bridgehead atoms. The van der Waals surface area contributed by atoms with Crippen LogP contribution in [0, 0.1) is 25.2 Å². The van der Waals surface area contributed by atoms with E-state index in [9.17, 15) is 0 Å². The second-order valence-electron chi connectivity index (χ2n) is 5.07. The van der Waals surface area contributed by atoms with Gasteiger partial charge in [-0.3, -0.25) is 0 Å². The lowest BCUT2D eigenvalue weighted by atomic mass is 10.0. The summed E-state index contributed by atoms with van der Waals surface area (Å²) >= 11 is 0. The summed E-state index contributed by atoms with van der Waals surface area (Å²) in [6.45, 7) is 8.05. The summed E-state index contributed by atoms with van der Waals surface area (Å²) in [5.74, 6) is 1.15. The Morgan fingerprint density at radius 1 is 1.15 bits per heavy atom. The molecule has 0 radical (unpaired) electrons. The number of benzene rings is 1. The fraction of sp³-hybridized carbons (Fsp3) is 0.312. The highest BCUT2D eigenvalue weighted by atomic mass is 16.5. The van der Waals surface area contributed by atoms with Gasteiger partial charge in [0.2, 0.25) is 0 Å². The number of aryl methyl sites for hydroxylation is 2. The molecule has 1 aromatic heterocycles. The fourth-order valence-electron chi connectivity index (χ4n) is 1.83. The highest BCUT2D eigenvalue weighted by Crippen LogP contribution is 2.27. The lowest BCUT2D eigenvalue weighted by Gasteiger charge is -2.11. The number of hydrogen-bond acceptors (Lipinski definition) is 4. The molecule has 4 heteroatoms. The molecule has 0 amide bonds. The molecule has 2 rings (SSSR count). The topological polar surface area (TPSA) is 58.8 Å². The first kappa shape index (κ1) is 14.0. The summed E-state index contributed by atoms with van der Waals surface area (Å²) in [5, 5.41) is 8.93. The highest BCUT2D eigenvalue weighted by molar-refractivity contribution is 5.39.